The van der Waals surface area contributed by atoms with Crippen LogP contribution in [0.15, 0.2) is 17.0 Å². The van der Waals surface area contributed by atoms with E-state index < -0.39 is 11.7 Å². The van der Waals surface area contributed by atoms with Gasteiger partial charge in [0.2, 0.25) is 0 Å². The lowest BCUT2D eigenvalue weighted by Crippen LogP contribution is -2.36. The fraction of sp³-hybridized carbons (Fsp3) is 0.625. The minimum absolute atomic E-state index is 0.106. The average Bonchev–Trinajstić information content (AvgIpc) is 2.95. The molecule has 3 nitrogen and oxygen atoms in total. The molecule has 7 heteroatoms. The number of likely N-dealkylation sites (N-methyl/N-ethyl adjacent to an activating group) is 1. The van der Waals surface area contributed by atoms with Crippen molar-refractivity contribution >= 4 is 17.6 Å². The average molecular weight is 346 g/mol. The van der Waals surface area contributed by atoms with Crippen molar-refractivity contribution in [3.8, 4) is 5.75 Å². The molecule has 0 N–H and O–H groups in total. The minimum Gasteiger partial charge on any atom is -0.496 e. The summed E-state index contributed by atoms with van der Waals surface area (Å²) in [6.07, 6.45) is 0.0104. The zero-order valence-corrected chi connectivity index (χ0v) is 14.1. The van der Waals surface area contributed by atoms with Crippen molar-refractivity contribution in [1.29, 1.82) is 0 Å². The lowest BCUT2D eigenvalue weighted by atomic mass is 10.1. The van der Waals surface area contributed by atoms with Gasteiger partial charge in [0.15, 0.2) is 0 Å². The Labute approximate surface area is 138 Å². The summed E-state index contributed by atoms with van der Waals surface area (Å²) in [5.41, 5.74) is 0.00581. The van der Waals surface area contributed by atoms with Crippen LogP contribution >= 0.6 is 11.9 Å². The number of nitrogens with zero attached hydrogens (tertiary/aromatic N) is 2. The van der Waals surface area contributed by atoms with Crippen LogP contribution < -0.4 is 9.64 Å². The third kappa shape index (κ3) is 3.40. The highest BCUT2D eigenvalue weighted by Gasteiger charge is 2.37. The molecule has 128 valence electrons. The van der Waals surface area contributed by atoms with Crippen LogP contribution in [0.25, 0.3) is 0 Å². The summed E-state index contributed by atoms with van der Waals surface area (Å²) in [4.78, 5) is 3.01. The van der Waals surface area contributed by atoms with Gasteiger partial charge in [0.1, 0.15) is 5.75 Å². The number of rotatable bonds is 2. The maximum atomic E-state index is 13.4. The summed E-state index contributed by atoms with van der Waals surface area (Å²) in [7, 11) is 3.26. The molecule has 0 spiro atoms. The van der Waals surface area contributed by atoms with Gasteiger partial charge >= 0.3 is 6.18 Å². The van der Waals surface area contributed by atoms with E-state index in [-0.39, 0.29) is 5.75 Å². The second kappa shape index (κ2) is 6.43. The first-order valence-corrected chi connectivity index (χ1v) is 8.62. The number of benzene rings is 1. The summed E-state index contributed by atoms with van der Waals surface area (Å²) in [6, 6.07) is 3.15. The van der Waals surface area contributed by atoms with E-state index in [4.69, 9.17) is 4.74 Å². The Hall–Kier alpha value is -1.08. The molecule has 0 radical (unpaired) electrons. The van der Waals surface area contributed by atoms with E-state index in [1.165, 1.54) is 31.2 Å². The standard InChI is InChI=1S/C16H21F3N2OS/c1-20-7-8-21(11-5-3-4-6-11)13-9-12(16(17,18)19)14(22-2)10-15(13)23-20/h9-11H,3-8H2,1-2H3. The molecule has 0 unspecified atom stereocenters. The summed E-state index contributed by atoms with van der Waals surface area (Å²) in [5, 5.41) is 0. The zero-order valence-electron chi connectivity index (χ0n) is 13.3. The van der Waals surface area contributed by atoms with E-state index >= 15 is 0 Å². The smallest absolute Gasteiger partial charge is 0.420 e. The zero-order chi connectivity index (χ0) is 16.6. The van der Waals surface area contributed by atoms with E-state index in [1.54, 1.807) is 0 Å². The molecular weight excluding hydrogens is 325 g/mol. The quantitative estimate of drug-likeness (QED) is 0.737. The van der Waals surface area contributed by atoms with Gasteiger partial charge in [-0.25, -0.2) is 4.31 Å². The summed E-state index contributed by atoms with van der Waals surface area (Å²) >= 11 is 1.49. The van der Waals surface area contributed by atoms with Crippen LogP contribution in [0.5, 0.6) is 5.75 Å². The molecule has 1 heterocycles. The fourth-order valence-corrected chi connectivity index (χ4v) is 4.35. The Morgan fingerprint density at radius 2 is 1.87 bits per heavy atom. The van der Waals surface area contributed by atoms with Gasteiger partial charge in [-0.15, -0.1) is 0 Å². The predicted molar refractivity (Wildman–Crippen MR) is 86.1 cm³/mol. The third-order valence-corrected chi connectivity index (χ3v) is 5.59. The number of alkyl halides is 3. The molecule has 2 aliphatic rings. The van der Waals surface area contributed by atoms with Gasteiger partial charge in [-0.3, -0.25) is 0 Å². The molecule has 23 heavy (non-hydrogen) atoms. The summed E-state index contributed by atoms with van der Waals surface area (Å²) < 4.78 is 47.2. The Kier molecular flexibility index (Phi) is 4.69. The summed E-state index contributed by atoms with van der Waals surface area (Å²) in [5.74, 6) is -0.106. The van der Waals surface area contributed by atoms with E-state index in [9.17, 15) is 13.2 Å². The number of hydrogen-bond acceptors (Lipinski definition) is 4. The van der Waals surface area contributed by atoms with Gasteiger partial charge in [-0.2, -0.15) is 13.2 Å². The first-order chi connectivity index (χ1) is 10.9. The van der Waals surface area contributed by atoms with Gasteiger partial charge < -0.3 is 9.64 Å². The number of hydrogen-bond donors (Lipinski definition) is 0. The molecule has 1 aromatic carbocycles. The Morgan fingerprint density at radius 1 is 1.17 bits per heavy atom. The minimum atomic E-state index is -4.41. The van der Waals surface area contributed by atoms with Crippen LogP contribution in [0.3, 0.4) is 0 Å². The van der Waals surface area contributed by atoms with E-state index in [0.717, 1.165) is 43.7 Å². The maximum absolute atomic E-state index is 13.4. The van der Waals surface area contributed by atoms with Crippen LogP contribution in [0.1, 0.15) is 31.2 Å². The van der Waals surface area contributed by atoms with Crippen LogP contribution in [0, 0.1) is 0 Å². The van der Waals surface area contributed by atoms with Crippen molar-refractivity contribution in [2.24, 2.45) is 0 Å². The molecule has 0 saturated heterocycles. The second-order valence-electron chi connectivity index (χ2n) is 6.09. The second-order valence-corrected chi connectivity index (χ2v) is 7.34. The number of anilines is 1. The molecule has 1 saturated carbocycles. The van der Waals surface area contributed by atoms with Crippen molar-refractivity contribution in [1.82, 2.24) is 4.31 Å². The van der Waals surface area contributed by atoms with Crippen LogP contribution in [-0.2, 0) is 6.18 Å². The number of fused-ring (bicyclic) bond motifs is 1. The van der Waals surface area contributed by atoms with E-state index in [0.29, 0.717) is 11.7 Å². The van der Waals surface area contributed by atoms with Crippen molar-refractivity contribution in [2.75, 3.05) is 32.1 Å². The molecule has 0 atom stereocenters. The van der Waals surface area contributed by atoms with Gasteiger partial charge in [0.25, 0.3) is 0 Å². The van der Waals surface area contributed by atoms with Crippen LogP contribution in [0.2, 0.25) is 0 Å². The van der Waals surface area contributed by atoms with Crippen molar-refractivity contribution in [3.05, 3.63) is 17.7 Å². The Balaban J connectivity index is 2.09. The highest BCUT2D eigenvalue weighted by atomic mass is 32.2. The topological polar surface area (TPSA) is 15.7 Å². The molecule has 0 amide bonds. The molecule has 1 fully saturated rings. The Morgan fingerprint density at radius 3 is 2.48 bits per heavy atom. The van der Waals surface area contributed by atoms with Crippen LogP contribution in [0.4, 0.5) is 18.9 Å². The molecule has 1 aliphatic carbocycles. The number of halogens is 3. The first kappa shape index (κ1) is 16.8. The normalized spacial score (nSPS) is 20.5. The lowest BCUT2D eigenvalue weighted by Gasteiger charge is -2.31. The molecule has 1 aliphatic heterocycles. The van der Waals surface area contributed by atoms with Gasteiger partial charge in [-0.05, 0) is 44.0 Å². The van der Waals surface area contributed by atoms with Gasteiger partial charge in [-0.1, -0.05) is 12.8 Å². The SMILES string of the molecule is COc1cc2c(cc1C(F)(F)F)N(C1CCCC1)CCN(C)S2. The third-order valence-electron chi connectivity index (χ3n) is 4.57. The molecule has 0 bridgehead atoms. The monoisotopic (exact) mass is 346 g/mol. The predicted octanol–water partition coefficient (Wildman–Crippen LogP) is 4.42. The van der Waals surface area contributed by atoms with Crippen molar-refractivity contribution in [3.63, 3.8) is 0 Å². The molecular formula is C16H21F3N2OS. The van der Waals surface area contributed by atoms with Gasteiger partial charge in [0, 0.05) is 19.1 Å². The van der Waals surface area contributed by atoms with Crippen molar-refractivity contribution in [2.45, 2.75) is 42.8 Å². The lowest BCUT2D eigenvalue weighted by molar-refractivity contribution is -0.138. The highest BCUT2D eigenvalue weighted by molar-refractivity contribution is 7.97. The summed E-state index contributed by atoms with van der Waals surface area (Å²) in [6.45, 7) is 1.57. The maximum Gasteiger partial charge on any atom is 0.420 e. The molecule has 1 aromatic rings. The van der Waals surface area contributed by atoms with Gasteiger partial charge in [0.05, 0.1) is 23.3 Å². The van der Waals surface area contributed by atoms with E-state index in [1.807, 2.05) is 7.05 Å². The fourth-order valence-electron chi connectivity index (χ4n) is 3.42. The van der Waals surface area contributed by atoms with Crippen molar-refractivity contribution < 1.29 is 17.9 Å². The number of methoxy groups -OCH3 is 1. The molecule has 0 aromatic heterocycles. The first-order valence-electron chi connectivity index (χ1n) is 7.85. The largest absolute Gasteiger partial charge is 0.496 e. The Bertz CT molecular complexity index is 573. The van der Waals surface area contributed by atoms with Crippen LogP contribution in [-0.4, -0.2) is 37.6 Å². The van der Waals surface area contributed by atoms with E-state index in [2.05, 4.69) is 9.21 Å². The highest BCUT2D eigenvalue weighted by Crippen LogP contribution is 2.46. The number of ether oxygens (including phenoxy) is 1. The molecule has 3 rings (SSSR count).